The van der Waals surface area contributed by atoms with Crippen molar-refractivity contribution in [2.45, 2.75) is 25.5 Å². The molecule has 1 unspecified atom stereocenters. The summed E-state index contributed by atoms with van der Waals surface area (Å²) in [5, 5.41) is 3.02. The molecule has 1 aromatic heterocycles. The Morgan fingerprint density at radius 3 is 2.48 bits per heavy atom. The average Bonchev–Trinajstić information content (AvgIpc) is 3.37. The van der Waals surface area contributed by atoms with Gasteiger partial charge in [-0.1, -0.05) is 102 Å². The minimum atomic E-state index is -0.248. The lowest BCUT2D eigenvalue weighted by Crippen LogP contribution is -2.38. The minimum Gasteiger partial charge on any atom is -0.487 e. The van der Waals surface area contributed by atoms with Crippen molar-refractivity contribution in [3.63, 3.8) is 0 Å². The van der Waals surface area contributed by atoms with Crippen molar-refractivity contribution in [3.05, 3.63) is 170 Å². The largest absolute Gasteiger partial charge is 0.487 e. The molecule has 0 radical (unpaired) electrons. The highest BCUT2D eigenvalue weighted by molar-refractivity contribution is 9.11. The van der Waals surface area contributed by atoms with E-state index < -0.39 is 0 Å². The van der Waals surface area contributed by atoms with E-state index in [1.807, 2.05) is 59.2 Å². The predicted octanol–water partition coefficient (Wildman–Crippen LogP) is 9.23. The topological polar surface area (TPSA) is 43.6 Å². The molecule has 1 atom stereocenters. The maximum atomic E-state index is 14.2. The maximum Gasteiger partial charge on any atom is 0.271 e. The predicted molar refractivity (Wildman–Crippen MR) is 194 cm³/mol. The first-order chi connectivity index (χ1) is 22.4. The minimum absolute atomic E-state index is 0.0577. The number of aryl methyl sites for hydroxylation is 1. The Morgan fingerprint density at radius 1 is 0.913 bits per heavy atom. The monoisotopic (exact) mass is 766 g/mol. The molecular formula is C38H25Br2ClN2O2S. The quantitative estimate of drug-likeness (QED) is 0.176. The van der Waals surface area contributed by atoms with Crippen LogP contribution in [0.2, 0.25) is 5.02 Å². The van der Waals surface area contributed by atoms with Crippen molar-refractivity contribution in [2.24, 2.45) is 4.99 Å². The molecule has 0 spiro atoms. The highest BCUT2D eigenvalue weighted by Crippen LogP contribution is 2.41. The van der Waals surface area contributed by atoms with Crippen LogP contribution in [-0.4, -0.2) is 4.57 Å². The summed E-state index contributed by atoms with van der Waals surface area (Å²) in [5.74, 6) is 0.709. The molecule has 0 N–H and O–H groups in total. The van der Waals surface area contributed by atoms with Crippen molar-refractivity contribution >= 4 is 77.3 Å². The molecular weight excluding hydrogens is 744 g/mol. The summed E-state index contributed by atoms with van der Waals surface area (Å²) in [6.07, 6.45) is 3.69. The lowest BCUT2D eigenvalue weighted by atomic mass is 9.83. The van der Waals surface area contributed by atoms with Crippen LogP contribution in [0.5, 0.6) is 5.75 Å². The van der Waals surface area contributed by atoms with E-state index in [0.717, 1.165) is 55.3 Å². The van der Waals surface area contributed by atoms with Crippen molar-refractivity contribution < 1.29 is 4.74 Å². The molecule has 6 aromatic rings. The van der Waals surface area contributed by atoms with Gasteiger partial charge in [-0.05, 0) is 114 Å². The third kappa shape index (κ3) is 5.29. The molecule has 46 heavy (non-hydrogen) atoms. The molecule has 2 aliphatic rings. The summed E-state index contributed by atoms with van der Waals surface area (Å²) in [4.78, 5) is 20.0. The second-order valence-corrected chi connectivity index (χ2v) is 14.6. The SMILES string of the molecule is O=c1/c(=C\c2cc(Br)c(OCc3cccc4ccccc34)c(Br)c2)sc2n1C(c1ccc(Cl)cc1)C1=C(N=2)c2ccccc2CC1. The number of thiazole rings is 1. The van der Waals surface area contributed by atoms with Crippen LogP contribution in [0.4, 0.5) is 0 Å². The first-order valence-corrected chi connectivity index (χ1v) is 17.7. The van der Waals surface area contributed by atoms with Crippen LogP contribution in [-0.2, 0) is 13.0 Å². The molecule has 2 heterocycles. The summed E-state index contributed by atoms with van der Waals surface area (Å²) < 4.78 is 10.4. The van der Waals surface area contributed by atoms with Gasteiger partial charge in [-0.3, -0.25) is 9.36 Å². The third-order valence-electron chi connectivity index (χ3n) is 8.63. The van der Waals surface area contributed by atoms with Crippen LogP contribution >= 0.6 is 54.8 Å². The van der Waals surface area contributed by atoms with Gasteiger partial charge >= 0.3 is 0 Å². The van der Waals surface area contributed by atoms with E-state index in [0.29, 0.717) is 26.7 Å². The summed E-state index contributed by atoms with van der Waals surface area (Å²) in [7, 11) is 0. The van der Waals surface area contributed by atoms with Crippen LogP contribution in [0.25, 0.3) is 22.5 Å². The molecule has 0 amide bonds. The van der Waals surface area contributed by atoms with Gasteiger partial charge in [0.25, 0.3) is 5.56 Å². The van der Waals surface area contributed by atoms with Crippen molar-refractivity contribution in [1.82, 2.24) is 4.57 Å². The van der Waals surface area contributed by atoms with Gasteiger partial charge in [0.15, 0.2) is 4.80 Å². The summed E-state index contributed by atoms with van der Waals surface area (Å²) in [6, 6.07) is 34.5. The number of rotatable bonds is 5. The van der Waals surface area contributed by atoms with E-state index >= 15 is 0 Å². The van der Waals surface area contributed by atoms with Crippen molar-refractivity contribution in [2.75, 3.05) is 0 Å². The number of halogens is 3. The van der Waals surface area contributed by atoms with Crippen molar-refractivity contribution in [3.8, 4) is 5.75 Å². The first kappa shape index (κ1) is 29.6. The molecule has 4 nitrogen and oxygen atoms in total. The highest BCUT2D eigenvalue weighted by Gasteiger charge is 2.32. The van der Waals surface area contributed by atoms with Crippen LogP contribution < -0.4 is 19.6 Å². The Hall–Kier alpha value is -3.75. The van der Waals surface area contributed by atoms with Crippen LogP contribution in [0.15, 0.2) is 127 Å². The highest BCUT2D eigenvalue weighted by atomic mass is 79.9. The fraction of sp³-hybridized carbons (Fsp3) is 0.105. The number of benzene rings is 5. The number of hydrogen-bond acceptors (Lipinski definition) is 4. The molecule has 8 rings (SSSR count). The zero-order valence-corrected chi connectivity index (χ0v) is 29.1. The maximum absolute atomic E-state index is 14.2. The second kappa shape index (κ2) is 12.1. The average molecular weight is 769 g/mol. The van der Waals surface area contributed by atoms with Crippen LogP contribution in [0.3, 0.4) is 0 Å². The smallest absolute Gasteiger partial charge is 0.271 e. The second-order valence-electron chi connectivity index (χ2n) is 11.4. The zero-order valence-electron chi connectivity index (χ0n) is 24.3. The molecule has 226 valence electrons. The van der Waals surface area contributed by atoms with Crippen LogP contribution in [0.1, 0.15) is 40.3 Å². The molecule has 5 aromatic carbocycles. The standard InChI is InChI=1S/C38H25Br2ClN2O2S/c39-31-18-22(19-32(40)36(31)45-21-26-9-5-8-23-6-1-3-10-28(23)26)20-33-37(44)43-35(25-12-15-27(41)16-13-25)30-17-14-24-7-2-4-11-29(24)34(30)42-38(43)46-33/h1-13,15-16,18-20,35H,14,17,21H2/b33-20+. The Morgan fingerprint density at radius 2 is 1.65 bits per heavy atom. The normalized spacial score (nSPS) is 15.7. The Kier molecular flexibility index (Phi) is 7.81. The zero-order chi connectivity index (χ0) is 31.4. The van der Waals surface area contributed by atoms with Crippen LogP contribution in [0, 0.1) is 0 Å². The molecule has 0 saturated carbocycles. The number of aromatic nitrogens is 1. The van der Waals surface area contributed by atoms with E-state index in [9.17, 15) is 4.79 Å². The Labute approximate surface area is 291 Å². The van der Waals surface area contributed by atoms with Gasteiger partial charge in [-0.25, -0.2) is 4.99 Å². The van der Waals surface area contributed by atoms with Gasteiger partial charge in [0, 0.05) is 10.6 Å². The number of ether oxygens (including phenoxy) is 1. The van der Waals surface area contributed by atoms with Crippen molar-refractivity contribution in [1.29, 1.82) is 0 Å². The van der Waals surface area contributed by atoms with Gasteiger partial charge in [0.05, 0.1) is 25.2 Å². The summed E-state index contributed by atoms with van der Waals surface area (Å²) in [6.45, 7) is 0.426. The number of nitrogens with zero attached hydrogens (tertiary/aromatic N) is 2. The lowest BCUT2D eigenvalue weighted by Gasteiger charge is -2.30. The molecule has 8 heteroatoms. The van der Waals surface area contributed by atoms with Gasteiger partial charge in [-0.15, -0.1) is 0 Å². The molecule has 1 aliphatic carbocycles. The Bertz CT molecular complexity index is 2370. The number of hydrogen-bond donors (Lipinski definition) is 0. The fourth-order valence-corrected chi connectivity index (χ4v) is 9.07. The molecule has 0 fully saturated rings. The molecule has 0 bridgehead atoms. The fourth-order valence-electron chi connectivity index (χ4n) is 6.49. The van der Waals surface area contributed by atoms with Gasteiger partial charge in [0.2, 0.25) is 0 Å². The summed E-state index contributed by atoms with van der Waals surface area (Å²) >= 11 is 15.1. The lowest BCUT2D eigenvalue weighted by molar-refractivity contribution is 0.303. The number of allylic oxidation sites excluding steroid dienone is 1. The molecule has 0 saturated heterocycles. The number of fused-ring (bicyclic) bond motifs is 4. The van der Waals surface area contributed by atoms with E-state index in [1.165, 1.54) is 27.7 Å². The third-order valence-corrected chi connectivity index (χ3v) is 11.0. The van der Waals surface area contributed by atoms with E-state index in [1.54, 1.807) is 0 Å². The first-order valence-electron chi connectivity index (χ1n) is 14.9. The van der Waals surface area contributed by atoms with Gasteiger partial charge < -0.3 is 4.74 Å². The molecule has 1 aliphatic heterocycles. The summed E-state index contributed by atoms with van der Waals surface area (Å²) in [5.41, 5.74) is 7.53. The van der Waals surface area contributed by atoms with E-state index in [-0.39, 0.29) is 11.6 Å². The van der Waals surface area contributed by atoms with E-state index in [2.05, 4.69) is 86.5 Å². The van der Waals surface area contributed by atoms with Gasteiger partial charge in [0.1, 0.15) is 12.4 Å². The Balaban J connectivity index is 1.19. The van der Waals surface area contributed by atoms with Gasteiger partial charge in [-0.2, -0.15) is 0 Å². The van der Waals surface area contributed by atoms with E-state index in [4.69, 9.17) is 21.3 Å².